The van der Waals surface area contributed by atoms with Gasteiger partial charge in [0.2, 0.25) is 0 Å². The maximum Gasteiger partial charge on any atom is 0.265 e. The highest BCUT2D eigenvalue weighted by molar-refractivity contribution is 6.05. The van der Waals surface area contributed by atoms with Gasteiger partial charge < -0.3 is 0 Å². The van der Waals surface area contributed by atoms with Gasteiger partial charge in [-0.3, -0.25) is 13.9 Å². The molecule has 3 aromatic heterocycles. The maximum atomic E-state index is 13.7. The molecule has 0 saturated heterocycles. The smallest absolute Gasteiger partial charge is 0.265 e. The fourth-order valence-corrected chi connectivity index (χ4v) is 4.12. The van der Waals surface area contributed by atoms with E-state index in [-0.39, 0.29) is 11.6 Å². The average molecular weight is 397 g/mol. The lowest BCUT2D eigenvalue weighted by Gasteiger charge is -2.16. The molecular weight excluding hydrogens is 374 g/mol. The molecule has 6 nitrogen and oxygen atoms in total. The summed E-state index contributed by atoms with van der Waals surface area (Å²) in [7, 11) is 0. The predicted molar refractivity (Wildman–Crippen MR) is 120 cm³/mol. The second-order valence-electron chi connectivity index (χ2n) is 7.85. The molecule has 0 unspecified atom stereocenters. The Hall–Kier alpha value is -3.54. The molecule has 5 rings (SSSR count). The summed E-state index contributed by atoms with van der Waals surface area (Å²) in [5.74, 6) is 0.697. The van der Waals surface area contributed by atoms with E-state index in [0.717, 1.165) is 28.7 Å². The molecule has 3 heterocycles. The highest BCUT2D eigenvalue weighted by Crippen LogP contribution is 2.29. The van der Waals surface area contributed by atoms with Gasteiger partial charge in [-0.1, -0.05) is 31.2 Å². The highest BCUT2D eigenvalue weighted by atomic mass is 16.1. The van der Waals surface area contributed by atoms with E-state index in [0.29, 0.717) is 28.0 Å². The van der Waals surface area contributed by atoms with Crippen LogP contribution in [-0.2, 0) is 0 Å². The number of rotatable bonds is 3. The third kappa shape index (κ3) is 2.64. The molecule has 30 heavy (non-hydrogen) atoms. The van der Waals surface area contributed by atoms with Crippen LogP contribution in [0.2, 0.25) is 0 Å². The van der Waals surface area contributed by atoms with Crippen molar-refractivity contribution in [2.45, 2.75) is 40.2 Å². The second kappa shape index (κ2) is 6.76. The van der Waals surface area contributed by atoms with E-state index in [4.69, 9.17) is 15.0 Å². The fraction of sp³-hybridized carbons (Fsp3) is 0.250. The van der Waals surface area contributed by atoms with Crippen LogP contribution in [0, 0.1) is 13.8 Å². The molecule has 0 spiro atoms. The van der Waals surface area contributed by atoms with E-state index in [9.17, 15) is 4.79 Å². The Bertz CT molecular complexity index is 1500. The van der Waals surface area contributed by atoms with E-state index in [1.165, 1.54) is 0 Å². The Kier molecular flexibility index (Phi) is 4.17. The number of fused-ring (bicyclic) bond motifs is 4. The molecule has 0 N–H and O–H groups in total. The Morgan fingerprint density at radius 2 is 1.67 bits per heavy atom. The molecule has 1 atom stereocenters. The minimum absolute atomic E-state index is 0.0557. The van der Waals surface area contributed by atoms with Crippen molar-refractivity contribution in [3.63, 3.8) is 0 Å². The van der Waals surface area contributed by atoms with Gasteiger partial charge in [0.05, 0.1) is 11.0 Å². The second-order valence-corrected chi connectivity index (χ2v) is 7.85. The molecule has 0 bridgehead atoms. The van der Waals surface area contributed by atoms with Crippen LogP contribution < -0.4 is 5.56 Å². The first-order valence-electron chi connectivity index (χ1n) is 10.3. The minimum Gasteiger partial charge on any atom is -0.293 e. The predicted octanol–water partition coefficient (Wildman–Crippen LogP) is 4.87. The van der Waals surface area contributed by atoms with Crippen molar-refractivity contribution >= 4 is 33.2 Å². The number of para-hydroxylation sites is 2. The van der Waals surface area contributed by atoms with Gasteiger partial charge in [-0.05, 0) is 57.0 Å². The van der Waals surface area contributed by atoms with Crippen molar-refractivity contribution in [1.29, 1.82) is 0 Å². The fourth-order valence-electron chi connectivity index (χ4n) is 4.12. The van der Waals surface area contributed by atoms with Crippen LogP contribution in [-0.4, -0.2) is 24.1 Å². The number of nitrogens with zero attached hydrogens (tertiary/aromatic N) is 5. The largest absolute Gasteiger partial charge is 0.293 e. The number of aryl methyl sites for hydroxylation is 2. The summed E-state index contributed by atoms with van der Waals surface area (Å²) in [6.07, 6.45) is 0.846. The number of aromatic nitrogens is 5. The van der Waals surface area contributed by atoms with E-state index in [1.54, 1.807) is 4.57 Å². The summed E-state index contributed by atoms with van der Waals surface area (Å²) in [4.78, 5) is 28.3. The van der Waals surface area contributed by atoms with E-state index < -0.39 is 0 Å². The standard InChI is InChI=1S/C24H23N5O/c1-5-15(3)28-16(4)25-22-20(24(28)30)21-23(27-19-12-7-6-11-18(19)26-21)29(22)17-10-8-9-14(2)13-17/h6-13,15H,5H2,1-4H3/t15-/m0/s1. The van der Waals surface area contributed by atoms with Crippen molar-refractivity contribution in [2.75, 3.05) is 0 Å². The summed E-state index contributed by atoms with van der Waals surface area (Å²) in [5.41, 5.74) is 5.40. The van der Waals surface area contributed by atoms with Gasteiger partial charge in [-0.2, -0.15) is 0 Å². The van der Waals surface area contributed by atoms with Gasteiger partial charge in [-0.25, -0.2) is 15.0 Å². The first-order valence-corrected chi connectivity index (χ1v) is 10.3. The lowest BCUT2D eigenvalue weighted by Crippen LogP contribution is -2.26. The van der Waals surface area contributed by atoms with Crippen molar-refractivity contribution in [1.82, 2.24) is 24.1 Å². The zero-order valence-electron chi connectivity index (χ0n) is 17.5. The monoisotopic (exact) mass is 397 g/mol. The van der Waals surface area contributed by atoms with Crippen LogP contribution in [0.15, 0.2) is 53.3 Å². The highest BCUT2D eigenvalue weighted by Gasteiger charge is 2.23. The molecule has 0 saturated carbocycles. The Balaban J connectivity index is 2.03. The lowest BCUT2D eigenvalue weighted by atomic mass is 10.2. The minimum atomic E-state index is -0.0622. The zero-order chi connectivity index (χ0) is 21.0. The number of benzene rings is 2. The SMILES string of the molecule is CC[C@H](C)n1c(C)nc2c(c1=O)c1nc3ccccc3nc1n2-c1cccc(C)c1. The first-order chi connectivity index (χ1) is 14.5. The van der Waals surface area contributed by atoms with Gasteiger partial charge in [0, 0.05) is 11.7 Å². The van der Waals surface area contributed by atoms with Crippen LogP contribution in [0.1, 0.15) is 37.7 Å². The normalized spacial score (nSPS) is 12.8. The summed E-state index contributed by atoms with van der Waals surface area (Å²) < 4.78 is 3.74. The van der Waals surface area contributed by atoms with Crippen molar-refractivity contribution in [3.05, 3.63) is 70.3 Å². The van der Waals surface area contributed by atoms with Crippen molar-refractivity contribution in [2.24, 2.45) is 0 Å². The first kappa shape index (κ1) is 18.5. The Morgan fingerprint density at radius 1 is 0.933 bits per heavy atom. The summed E-state index contributed by atoms with van der Waals surface area (Å²) in [6.45, 7) is 8.06. The molecular formula is C24H23N5O. The van der Waals surface area contributed by atoms with Crippen molar-refractivity contribution < 1.29 is 0 Å². The van der Waals surface area contributed by atoms with Gasteiger partial charge in [-0.15, -0.1) is 0 Å². The summed E-state index contributed by atoms with van der Waals surface area (Å²) >= 11 is 0. The molecule has 2 aromatic carbocycles. The van der Waals surface area contributed by atoms with Crippen LogP contribution in [0.3, 0.4) is 0 Å². The maximum absolute atomic E-state index is 13.7. The third-order valence-corrected chi connectivity index (χ3v) is 5.78. The molecule has 0 fully saturated rings. The quantitative estimate of drug-likeness (QED) is 0.436. The van der Waals surface area contributed by atoms with E-state index >= 15 is 0 Å². The molecule has 150 valence electrons. The van der Waals surface area contributed by atoms with Crippen molar-refractivity contribution in [3.8, 4) is 5.69 Å². The summed E-state index contributed by atoms with van der Waals surface area (Å²) in [5, 5.41) is 0.524. The average Bonchev–Trinajstić information content (AvgIpc) is 3.04. The van der Waals surface area contributed by atoms with Gasteiger partial charge in [0.15, 0.2) is 11.3 Å². The van der Waals surface area contributed by atoms with E-state index in [1.807, 2.05) is 67.8 Å². The van der Waals surface area contributed by atoms with Crippen LogP contribution in [0.25, 0.3) is 38.9 Å². The number of hydrogen-bond donors (Lipinski definition) is 0. The van der Waals surface area contributed by atoms with Crippen LogP contribution in [0.4, 0.5) is 0 Å². The summed E-state index contributed by atoms with van der Waals surface area (Å²) in [6, 6.07) is 15.9. The molecule has 0 aliphatic carbocycles. The van der Waals surface area contributed by atoms with Gasteiger partial charge in [0.1, 0.15) is 16.7 Å². The number of hydrogen-bond acceptors (Lipinski definition) is 4. The van der Waals surface area contributed by atoms with Crippen LogP contribution >= 0.6 is 0 Å². The lowest BCUT2D eigenvalue weighted by molar-refractivity contribution is 0.497. The third-order valence-electron chi connectivity index (χ3n) is 5.78. The Morgan fingerprint density at radius 3 is 2.37 bits per heavy atom. The van der Waals surface area contributed by atoms with Gasteiger partial charge >= 0.3 is 0 Å². The molecule has 0 aliphatic rings. The van der Waals surface area contributed by atoms with E-state index in [2.05, 4.69) is 13.0 Å². The molecule has 0 radical (unpaired) electrons. The molecule has 6 heteroatoms. The zero-order valence-corrected chi connectivity index (χ0v) is 17.5. The van der Waals surface area contributed by atoms with Gasteiger partial charge in [0.25, 0.3) is 5.56 Å². The van der Waals surface area contributed by atoms with Crippen LogP contribution in [0.5, 0.6) is 0 Å². The Labute approximate surface area is 173 Å². The molecule has 0 amide bonds. The topological polar surface area (TPSA) is 65.6 Å². The molecule has 0 aliphatic heterocycles. The molecule has 5 aromatic rings.